The number of anilines is 1. The first-order chi connectivity index (χ1) is 11.6. The lowest BCUT2D eigenvalue weighted by Crippen LogP contribution is -2.52. The van der Waals surface area contributed by atoms with Crippen molar-refractivity contribution in [1.29, 1.82) is 0 Å². The van der Waals surface area contributed by atoms with E-state index in [1.807, 2.05) is 24.3 Å². The smallest absolute Gasteiger partial charge is 0.239 e. The number of halogens is 3. The molecule has 9 heteroatoms. The number of hydrogen-bond donors (Lipinski definition) is 2. The number of benzene rings is 1. The van der Waals surface area contributed by atoms with Crippen LogP contribution in [0.15, 0.2) is 36.5 Å². The van der Waals surface area contributed by atoms with E-state index in [4.69, 9.17) is 11.6 Å². The fraction of sp³-hybridized carbons (Fsp3) is 0.412. The summed E-state index contributed by atoms with van der Waals surface area (Å²) >= 11 is 6.20. The van der Waals surface area contributed by atoms with Crippen LogP contribution in [0.3, 0.4) is 0 Å². The molecule has 26 heavy (non-hydrogen) atoms. The van der Waals surface area contributed by atoms with Gasteiger partial charge < -0.3 is 10.6 Å². The van der Waals surface area contributed by atoms with E-state index < -0.39 is 0 Å². The topological polar surface area (TPSA) is 62.2 Å². The first-order valence-corrected chi connectivity index (χ1v) is 8.51. The number of nitrogens with one attached hydrogen (secondary N) is 2. The van der Waals surface area contributed by atoms with Crippen molar-refractivity contribution in [3.63, 3.8) is 0 Å². The monoisotopic (exact) mass is 419 g/mol. The van der Waals surface area contributed by atoms with E-state index in [2.05, 4.69) is 27.6 Å². The van der Waals surface area contributed by atoms with Crippen LogP contribution in [0.25, 0.3) is 0 Å². The Bertz CT molecular complexity index is 709. The molecule has 1 aliphatic rings. The van der Waals surface area contributed by atoms with Crippen LogP contribution in [-0.4, -0.2) is 52.8 Å². The van der Waals surface area contributed by atoms with Crippen LogP contribution < -0.4 is 10.6 Å². The summed E-state index contributed by atoms with van der Waals surface area (Å²) in [5.74, 6) is 0.660. The van der Waals surface area contributed by atoms with Crippen molar-refractivity contribution < 1.29 is 4.79 Å². The van der Waals surface area contributed by atoms with Gasteiger partial charge in [0, 0.05) is 36.8 Å². The second-order valence-corrected chi connectivity index (χ2v) is 6.44. The quantitative estimate of drug-likeness (QED) is 0.780. The number of carbonyl (C=O) groups excluding carboxylic acids is 1. The largest absolute Gasteiger partial charge is 0.314 e. The van der Waals surface area contributed by atoms with Crippen molar-refractivity contribution in [3.8, 4) is 0 Å². The van der Waals surface area contributed by atoms with Crippen LogP contribution in [0.5, 0.6) is 0 Å². The fourth-order valence-electron chi connectivity index (χ4n) is 2.84. The molecule has 1 atom stereocenters. The van der Waals surface area contributed by atoms with Crippen molar-refractivity contribution in [2.45, 2.75) is 19.5 Å². The standard InChI is InChI=1S/C17H22ClN5O.2ClH/c1-13-10-19-8-9-22(13)12-17(24)21-16-6-7-20-23(16)11-14-4-2-3-5-15(14)18;;/h2-7,13,19H,8-12H2,1H3,(H,21,24);2*1H/t13-;;/m1../s1. The molecule has 0 saturated carbocycles. The Morgan fingerprint density at radius 3 is 2.85 bits per heavy atom. The van der Waals surface area contributed by atoms with Crippen LogP contribution in [0.1, 0.15) is 12.5 Å². The molecule has 0 aliphatic carbocycles. The molecule has 1 aliphatic heterocycles. The molecule has 6 nitrogen and oxygen atoms in total. The van der Waals surface area contributed by atoms with Gasteiger partial charge in [0.2, 0.25) is 5.91 Å². The van der Waals surface area contributed by atoms with Crippen molar-refractivity contribution in [3.05, 3.63) is 47.1 Å². The molecule has 1 aromatic heterocycles. The molecule has 1 saturated heterocycles. The normalized spacial score (nSPS) is 17.1. The molecule has 1 fully saturated rings. The molecule has 144 valence electrons. The number of aromatic nitrogens is 2. The molecule has 0 radical (unpaired) electrons. The third kappa shape index (κ3) is 5.86. The zero-order chi connectivity index (χ0) is 16.9. The molecular formula is C17H24Cl3N5O. The Morgan fingerprint density at radius 2 is 2.12 bits per heavy atom. The number of piperazine rings is 1. The molecule has 0 spiro atoms. The van der Waals surface area contributed by atoms with Gasteiger partial charge in [-0.1, -0.05) is 29.8 Å². The van der Waals surface area contributed by atoms with E-state index in [-0.39, 0.29) is 30.7 Å². The first-order valence-electron chi connectivity index (χ1n) is 8.13. The Labute approximate surface area is 171 Å². The second-order valence-electron chi connectivity index (χ2n) is 6.04. The molecule has 2 aromatic rings. The van der Waals surface area contributed by atoms with Gasteiger partial charge in [0.05, 0.1) is 19.3 Å². The second kappa shape index (κ2) is 10.7. The van der Waals surface area contributed by atoms with Gasteiger partial charge in [0.25, 0.3) is 0 Å². The van der Waals surface area contributed by atoms with Crippen LogP contribution >= 0.6 is 36.4 Å². The van der Waals surface area contributed by atoms with Gasteiger partial charge in [-0.2, -0.15) is 5.10 Å². The Hall–Kier alpha value is -1.31. The van der Waals surface area contributed by atoms with Gasteiger partial charge in [0.15, 0.2) is 0 Å². The highest BCUT2D eigenvalue weighted by atomic mass is 35.5. The molecule has 1 amide bonds. The third-order valence-electron chi connectivity index (χ3n) is 4.25. The SMILES string of the molecule is C[C@@H]1CNCCN1CC(=O)Nc1ccnn1Cc1ccccc1Cl.Cl.Cl. The summed E-state index contributed by atoms with van der Waals surface area (Å²) in [6.07, 6.45) is 1.68. The van der Waals surface area contributed by atoms with Gasteiger partial charge >= 0.3 is 0 Å². The predicted molar refractivity (Wildman–Crippen MR) is 110 cm³/mol. The summed E-state index contributed by atoms with van der Waals surface area (Å²) in [6.45, 7) is 5.75. The van der Waals surface area contributed by atoms with Gasteiger partial charge in [-0.05, 0) is 18.6 Å². The molecule has 2 N–H and O–H groups in total. The highest BCUT2D eigenvalue weighted by Crippen LogP contribution is 2.18. The Kier molecular flexibility index (Phi) is 9.39. The summed E-state index contributed by atoms with van der Waals surface area (Å²) in [6, 6.07) is 9.80. The van der Waals surface area contributed by atoms with E-state index in [0.717, 1.165) is 25.2 Å². The van der Waals surface area contributed by atoms with Gasteiger partial charge in [0.1, 0.15) is 5.82 Å². The lowest BCUT2D eigenvalue weighted by molar-refractivity contribution is -0.118. The molecule has 0 unspecified atom stereocenters. The zero-order valence-corrected chi connectivity index (χ0v) is 16.9. The van der Waals surface area contributed by atoms with Crippen LogP contribution in [0, 0.1) is 0 Å². The lowest BCUT2D eigenvalue weighted by atomic mass is 10.2. The van der Waals surface area contributed by atoms with Crippen molar-refractivity contribution in [2.24, 2.45) is 0 Å². The van der Waals surface area contributed by atoms with E-state index in [0.29, 0.717) is 30.0 Å². The van der Waals surface area contributed by atoms with E-state index in [1.54, 1.807) is 16.9 Å². The van der Waals surface area contributed by atoms with Crippen LogP contribution in [0.4, 0.5) is 5.82 Å². The summed E-state index contributed by atoms with van der Waals surface area (Å²) in [4.78, 5) is 14.5. The summed E-state index contributed by atoms with van der Waals surface area (Å²) < 4.78 is 1.75. The summed E-state index contributed by atoms with van der Waals surface area (Å²) in [5, 5.41) is 11.3. The number of rotatable bonds is 5. The minimum absolute atomic E-state index is 0. The minimum atomic E-state index is -0.0235. The molecule has 1 aromatic carbocycles. The van der Waals surface area contributed by atoms with E-state index in [9.17, 15) is 4.79 Å². The van der Waals surface area contributed by atoms with Gasteiger partial charge in [-0.15, -0.1) is 24.8 Å². The average molecular weight is 421 g/mol. The molecule has 3 rings (SSSR count). The van der Waals surface area contributed by atoms with Crippen molar-refractivity contribution in [1.82, 2.24) is 20.0 Å². The number of amides is 1. The Balaban J connectivity index is 0.00000169. The Morgan fingerprint density at radius 1 is 1.35 bits per heavy atom. The summed E-state index contributed by atoms with van der Waals surface area (Å²) in [5.41, 5.74) is 0.967. The first kappa shape index (κ1) is 22.7. The van der Waals surface area contributed by atoms with Crippen LogP contribution in [-0.2, 0) is 11.3 Å². The van der Waals surface area contributed by atoms with Gasteiger partial charge in [-0.25, -0.2) is 4.68 Å². The molecular weight excluding hydrogens is 397 g/mol. The average Bonchev–Trinajstić information content (AvgIpc) is 2.99. The number of carbonyl (C=O) groups is 1. The number of hydrogen-bond acceptors (Lipinski definition) is 4. The third-order valence-corrected chi connectivity index (χ3v) is 4.62. The molecule has 2 heterocycles. The zero-order valence-electron chi connectivity index (χ0n) is 14.5. The fourth-order valence-corrected chi connectivity index (χ4v) is 3.03. The van der Waals surface area contributed by atoms with Crippen LogP contribution in [0.2, 0.25) is 5.02 Å². The lowest BCUT2D eigenvalue weighted by Gasteiger charge is -2.33. The predicted octanol–water partition coefficient (Wildman–Crippen LogP) is 2.66. The maximum absolute atomic E-state index is 12.4. The van der Waals surface area contributed by atoms with Crippen molar-refractivity contribution >= 4 is 48.1 Å². The highest BCUT2D eigenvalue weighted by Gasteiger charge is 2.20. The number of nitrogens with zero attached hydrogens (tertiary/aromatic N) is 3. The van der Waals surface area contributed by atoms with E-state index in [1.165, 1.54) is 0 Å². The highest BCUT2D eigenvalue weighted by molar-refractivity contribution is 6.31. The van der Waals surface area contributed by atoms with Gasteiger partial charge in [-0.3, -0.25) is 9.69 Å². The molecule has 0 bridgehead atoms. The minimum Gasteiger partial charge on any atom is -0.314 e. The maximum Gasteiger partial charge on any atom is 0.239 e. The maximum atomic E-state index is 12.4. The van der Waals surface area contributed by atoms with E-state index >= 15 is 0 Å². The van der Waals surface area contributed by atoms with Crippen molar-refractivity contribution in [2.75, 3.05) is 31.5 Å². The summed E-state index contributed by atoms with van der Waals surface area (Å²) in [7, 11) is 0.